The lowest BCUT2D eigenvalue weighted by atomic mass is 10.2. The molecule has 0 fully saturated rings. The lowest BCUT2D eigenvalue weighted by Gasteiger charge is -2.07. The molecule has 0 aliphatic heterocycles. The maximum Gasteiger partial charge on any atom is 0.271 e. The third-order valence-electron chi connectivity index (χ3n) is 2.93. The van der Waals surface area contributed by atoms with Crippen molar-refractivity contribution < 1.29 is 9.53 Å². The van der Waals surface area contributed by atoms with Gasteiger partial charge in [-0.2, -0.15) is 0 Å². The van der Waals surface area contributed by atoms with Gasteiger partial charge in [0.25, 0.3) is 5.91 Å². The van der Waals surface area contributed by atoms with Crippen LogP contribution in [0.3, 0.4) is 0 Å². The van der Waals surface area contributed by atoms with Crippen LogP contribution >= 0.6 is 15.9 Å². The number of anilines is 2. The molecule has 2 aromatic rings. The second-order valence-electron chi connectivity index (χ2n) is 4.64. The molecule has 0 saturated carbocycles. The average Bonchev–Trinajstić information content (AvgIpc) is 2.52. The number of ether oxygens (including phenoxy) is 1. The quantitative estimate of drug-likeness (QED) is 0.770. The van der Waals surface area contributed by atoms with E-state index in [1.165, 1.54) is 0 Å². The van der Waals surface area contributed by atoms with Crippen LogP contribution in [0.15, 0.2) is 34.8 Å². The number of hydrogen-bond donors (Lipinski definition) is 2. The van der Waals surface area contributed by atoms with Crippen LogP contribution in [0.4, 0.5) is 11.5 Å². The van der Waals surface area contributed by atoms with E-state index in [0.717, 1.165) is 15.7 Å². The molecule has 6 nitrogen and oxygen atoms in total. The van der Waals surface area contributed by atoms with Crippen molar-refractivity contribution in [2.75, 3.05) is 25.6 Å². The predicted octanol–water partition coefficient (Wildman–Crippen LogP) is 2.67. The Hall–Kier alpha value is -1.99. The Labute approximate surface area is 137 Å². The lowest BCUT2D eigenvalue weighted by Crippen LogP contribution is -2.27. The molecule has 1 amide bonds. The number of rotatable bonds is 6. The second kappa shape index (κ2) is 7.86. The molecule has 0 saturated heterocycles. The zero-order valence-corrected chi connectivity index (χ0v) is 14.0. The van der Waals surface area contributed by atoms with Crippen molar-refractivity contribution in [3.05, 3.63) is 46.1 Å². The van der Waals surface area contributed by atoms with Crippen molar-refractivity contribution in [3.63, 3.8) is 0 Å². The normalized spacial score (nSPS) is 10.3. The van der Waals surface area contributed by atoms with Crippen LogP contribution in [0.25, 0.3) is 0 Å². The Morgan fingerprint density at radius 2 is 2.09 bits per heavy atom. The van der Waals surface area contributed by atoms with Gasteiger partial charge in [-0.05, 0) is 36.8 Å². The summed E-state index contributed by atoms with van der Waals surface area (Å²) in [6.45, 7) is 2.92. The standard InChI is InChI=1S/C15H17BrN4O2/c1-10-3-4-11(9-12(10)16)18-14-6-5-13(19-20-14)15(21)17-7-8-22-2/h3-6,9H,7-8H2,1-2H3,(H,17,21)(H,18,20). The summed E-state index contributed by atoms with van der Waals surface area (Å²) in [5.74, 6) is 0.304. The summed E-state index contributed by atoms with van der Waals surface area (Å²) in [6.07, 6.45) is 0. The minimum atomic E-state index is -0.269. The lowest BCUT2D eigenvalue weighted by molar-refractivity contribution is 0.0931. The fourth-order valence-corrected chi connectivity index (χ4v) is 2.07. The molecule has 0 bridgehead atoms. The van der Waals surface area contributed by atoms with Gasteiger partial charge in [0.05, 0.1) is 6.61 Å². The van der Waals surface area contributed by atoms with Crippen LogP contribution < -0.4 is 10.6 Å². The molecule has 1 aromatic carbocycles. The van der Waals surface area contributed by atoms with Gasteiger partial charge in [-0.25, -0.2) is 0 Å². The number of hydrogen-bond acceptors (Lipinski definition) is 5. The molecule has 2 rings (SSSR count). The maximum atomic E-state index is 11.8. The van der Waals surface area contributed by atoms with E-state index < -0.39 is 0 Å². The van der Waals surface area contributed by atoms with Gasteiger partial charge in [0.15, 0.2) is 11.5 Å². The first kappa shape index (κ1) is 16.4. The van der Waals surface area contributed by atoms with Gasteiger partial charge in [0, 0.05) is 23.8 Å². The van der Waals surface area contributed by atoms with Crippen LogP contribution in [0.5, 0.6) is 0 Å². The highest BCUT2D eigenvalue weighted by Crippen LogP contribution is 2.22. The SMILES string of the molecule is COCCNC(=O)c1ccc(Nc2ccc(C)c(Br)c2)nn1. The summed E-state index contributed by atoms with van der Waals surface area (Å²) in [7, 11) is 1.58. The number of benzene rings is 1. The van der Waals surface area contributed by atoms with Crippen molar-refractivity contribution in [1.82, 2.24) is 15.5 Å². The van der Waals surface area contributed by atoms with Crippen molar-refractivity contribution in [2.24, 2.45) is 0 Å². The fourth-order valence-electron chi connectivity index (χ4n) is 1.70. The molecule has 116 valence electrons. The molecule has 0 spiro atoms. The molecule has 22 heavy (non-hydrogen) atoms. The third-order valence-corrected chi connectivity index (χ3v) is 3.79. The molecule has 0 unspecified atom stereocenters. The molecule has 2 N–H and O–H groups in total. The largest absolute Gasteiger partial charge is 0.383 e. The van der Waals surface area contributed by atoms with Gasteiger partial charge in [-0.15, -0.1) is 10.2 Å². The number of carbonyl (C=O) groups excluding carboxylic acids is 1. The monoisotopic (exact) mass is 364 g/mol. The van der Waals surface area contributed by atoms with Crippen LogP contribution in [0, 0.1) is 6.92 Å². The summed E-state index contributed by atoms with van der Waals surface area (Å²) in [5, 5.41) is 13.7. The second-order valence-corrected chi connectivity index (χ2v) is 5.50. The number of nitrogens with one attached hydrogen (secondary N) is 2. The minimum absolute atomic E-state index is 0.269. The van der Waals surface area contributed by atoms with Crippen LogP contribution in [0.1, 0.15) is 16.1 Å². The van der Waals surface area contributed by atoms with E-state index in [1.807, 2.05) is 25.1 Å². The Morgan fingerprint density at radius 1 is 1.27 bits per heavy atom. The van der Waals surface area contributed by atoms with Gasteiger partial charge >= 0.3 is 0 Å². The maximum absolute atomic E-state index is 11.8. The van der Waals surface area contributed by atoms with Gasteiger partial charge in [-0.1, -0.05) is 22.0 Å². The minimum Gasteiger partial charge on any atom is -0.383 e. The highest BCUT2D eigenvalue weighted by atomic mass is 79.9. The van der Waals surface area contributed by atoms with E-state index >= 15 is 0 Å². The van der Waals surface area contributed by atoms with Gasteiger partial charge < -0.3 is 15.4 Å². The van der Waals surface area contributed by atoms with Gasteiger partial charge in [0.1, 0.15) is 0 Å². The first-order valence-electron chi connectivity index (χ1n) is 6.74. The topological polar surface area (TPSA) is 76.1 Å². The summed E-state index contributed by atoms with van der Waals surface area (Å²) in [6, 6.07) is 9.25. The molecule has 1 heterocycles. The number of carbonyl (C=O) groups is 1. The van der Waals surface area contributed by atoms with Crippen LogP contribution in [-0.2, 0) is 4.74 Å². The smallest absolute Gasteiger partial charge is 0.271 e. The number of aromatic nitrogens is 2. The van der Waals surface area contributed by atoms with Crippen LogP contribution in [0.2, 0.25) is 0 Å². The molecule has 7 heteroatoms. The Kier molecular flexibility index (Phi) is 5.85. The first-order chi connectivity index (χ1) is 10.6. The van der Waals surface area contributed by atoms with Crippen molar-refractivity contribution in [2.45, 2.75) is 6.92 Å². The molecule has 0 radical (unpaired) electrons. The van der Waals surface area contributed by atoms with E-state index in [9.17, 15) is 4.79 Å². The average molecular weight is 365 g/mol. The zero-order chi connectivity index (χ0) is 15.9. The number of nitrogens with zero attached hydrogens (tertiary/aromatic N) is 2. The Morgan fingerprint density at radius 3 is 2.73 bits per heavy atom. The molecule has 0 aliphatic rings. The molecule has 0 atom stereocenters. The first-order valence-corrected chi connectivity index (χ1v) is 7.53. The van der Waals surface area contributed by atoms with Crippen molar-refractivity contribution in [3.8, 4) is 0 Å². The predicted molar refractivity (Wildman–Crippen MR) is 88.4 cm³/mol. The number of aryl methyl sites for hydroxylation is 1. The highest BCUT2D eigenvalue weighted by Gasteiger charge is 2.07. The van der Waals surface area contributed by atoms with Crippen molar-refractivity contribution in [1.29, 1.82) is 0 Å². The summed E-state index contributed by atoms with van der Waals surface area (Å²) < 4.78 is 5.88. The zero-order valence-electron chi connectivity index (χ0n) is 12.4. The summed E-state index contributed by atoms with van der Waals surface area (Å²) in [4.78, 5) is 11.8. The van der Waals surface area contributed by atoms with E-state index in [1.54, 1.807) is 19.2 Å². The van der Waals surface area contributed by atoms with E-state index in [4.69, 9.17) is 4.74 Å². The van der Waals surface area contributed by atoms with Gasteiger partial charge in [0.2, 0.25) is 0 Å². The van der Waals surface area contributed by atoms with Crippen LogP contribution in [-0.4, -0.2) is 36.4 Å². The number of methoxy groups -OCH3 is 1. The molecule has 1 aromatic heterocycles. The summed E-state index contributed by atoms with van der Waals surface area (Å²) >= 11 is 3.48. The van der Waals surface area contributed by atoms with E-state index in [-0.39, 0.29) is 11.6 Å². The summed E-state index contributed by atoms with van der Waals surface area (Å²) in [5.41, 5.74) is 2.32. The number of halogens is 1. The Bertz CT molecular complexity index is 646. The van der Waals surface area contributed by atoms with Crippen molar-refractivity contribution >= 4 is 33.3 Å². The molecular formula is C15H17BrN4O2. The van der Waals surface area contributed by atoms with E-state index in [2.05, 4.69) is 36.8 Å². The fraction of sp³-hybridized carbons (Fsp3) is 0.267. The number of amides is 1. The third kappa shape index (κ3) is 4.51. The highest BCUT2D eigenvalue weighted by molar-refractivity contribution is 9.10. The molecule has 0 aliphatic carbocycles. The van der Waals surface area contributed by atoms with Gasteiger partial charge in [-0.3, -0.25) is 4.79 Å². The molecular weight excluding hydrogens is 348 g/mol. The Balaban J connectivity index is 1.99. The van der Waals surface area contributed by atoms with E-state index in [0.29, 0.717) is 19.0 Å².